The number of fused-ring (bicyclic) bond motifs is 3. The SMILES string of the molecule is CCc1cccc(C)c1NC(=O)CSc1nc2c(sc3ncccc32)c(=O)n1CC1CCCO1. The lowest BCUT2D eigenvalue weighted by molar-refractivity contribution is -0.113. The summed E-state index contributed by atoms with van der Waals surface area (Å²) < 4.78 is 8.06. The van der Waals surface area contributed by atoms with Crippen LogP contribution in [0.2, 0.25) is 0 Å². The van der Waals surface area contributed by atoms with Gasteiger partial charge in [-0.25, -0.2) is 9.97 Å². The Balaban J connectivity index is 1.47. The van der Waals surface area contributed by atoms with E-state index in [1.807, 2.05) is 37.3 Å². The predicted octanol–water partition coefficient (Wildman–Crippen LogP) is 4.79. The first-order valence-electron chi connectivity index (χ1n) is 11.5. The predicted molar refractivity (Wildman–Crippen MR) is 138 cm³/mol. The number of pyridine rings is 1. The molecule has 0 spiro atoms. The standard InChI is InChI=1S/C25H26N4O3S2/c1-3-16-8-4-7-15(2)20(16)27-19(30)14-33-25-28-21-18-10-5-11-26-23(18)34-22(21)24(31)29(25)13-17-9-6-12-32-17/h4-5,7-8,10-11,17H,3,6,9,12-14H2,1-2H3,(H,27,30). The molecule has 1 aliphatic rings. The maximum Gasteiger partial charge on any atom is 0.272 e. The number of nitrogens with zero attached hydrogens (tertiary/aromatic N) is 3. The van der Waals surface area contributed by atoms with Crippen LogP contribution >= 0.6 is 23.1 Å². The first-order chi connectivity index (χ1) is 16.5. The molecule has 1 unspecified atom stereocenters. The fourth-order valence-corrected chi connectivity index (χ4v) is 6.14. The minimum absolute atomic E-state index is 0.0169. The topological polar surface area (TPSA) is 86.1 Å². The van der Waals surface area contributed by atoms with E-state index in [2.05, 4.69) is 17.2 Å². The van der Waals surface area contributed by atoms with E-state index in [9.17, 15) is 9.59 Å². The van der Waals surface area contributed by atoms with Crippen molar-refractivity contribution in [2.45, 2.75) is 50.9 Å². The van der Waals surface area contributed by atoms with E-state index in [4.69, 9.17) is 9.72 Å². The Morgan fingerprint density at radius 3 is 3.00 bits per heavy atom. The van der Waals surface area contributed by atoms with Gasteiger partial charge in [-0.1, -0.05) is 36.9 Å². The number of hydrogen-bond acceptors (Lipinski definition) is 7. The van der Waals surface area contributed by atoms with Gasteiger partial charge in [0.25, 0.3) is 5.56 Å². The summed E-state index contributed by atoms with van der Waals surface area (Å²) in [7, 11) is 0. The minimum Gasteiger partial charge on any atom is -0.376 e. The molecule has 4 heterocycles. The van der Waals surface area contributed by atoms with E-state index in [0.29, 0.717) is 28.5 Å². The van der Waals surface area contributed by atoms with Crippen LogP contribution in [0.3, 0.4) is 0 Å². The molecule has 1 fully saturated rings. The second kappa shape index (κ2) is 9.85. The van der Waals surface area contributed by atoms with Gasteiger partial charge in [0.05, 0.1) is 23.9 Å². The number of aromatic nitrogens is 3. The third-order valence-corrected chi connectivity index (χ3v) is 8.13. The second-order valence-electron chi connectivity index (χ2n) is 8.38. The second-order valence-corrected chi connectivity index (χ2v) is 10.3. The van der Waals surface area contributed by atoms with Gasteiger partial charge in [0, 0.05) is 23.9 Å². The summed E-state index contributed by atoms with van der Waals surface area (Å²) in [6, 6.07) is 9.81. The quantitative estimate of drug-likeness (QED) is 0.294. The average molecular weight is 495 g/mol. The molecule has 1 saturated heterocycles. The Hall–Kier alpha value is -2.75. The van der Waals surface area contributed by atoms with Gasteiger partial charge in [-0.05, 0) is 49.4 Å². The van der Waals surface area contributed by atoms with Crippen molar-refractivity contribution in [1.29, 1.82) is 0 Å². The third kappa shape index (κ3) is 4.47. The Morgan fingerprint density at radius 1 is 1.32 bits per heavy atom. The van der Waals surface area contributed by atoms with Gasteiger partial charge >= 0.3 is 0 Å². The van der Waals surface area contributed by atoms with Crippen molar-refractivity contribution in [2.75, 3.05) is 17.7 Å². The van der Waals surface area contributed by atoms with Crippen LogP contribution in [0.4, 0.5) is 5.69 Å². The molecule has 7 nitrogen and oxygen atoms in total. The van der Waals surface area contributed by atoms with Gasteiger partial charge in [0.1, 0.15) is 9.53 Å². The molecule has 1 aromatic carbocycles. The maximum absolute atomic E-state index is 13.5. The number of rotatable bonds is 7. The lowest BCUT2D eigenvalue weighted by Crippen LogP contribution is -2.28. The van der Waals surface area contributed by atoms with E-state index in [1.54, 1.807) is 10.8 Å². The van der Waals surface area contributed by atoms with Crippen molar-refractivity contribution in [2.24, 2.45) is 0 Å². The highest BCUT2D eigenvalue weighted by Gasteiger charge is 2.22. The van der Waals surface area contributed by atoms with Crippen molar-refractivity contribution in [3.63, 3.8) is 0 Å². The summed E-state index contributed by atoms with van der Waals surface area (Å²) in [5.41, 5.74) is 3.55. The molecule has 1 aliphatic heterocycles. The van der Waals surface area contributed by atoms with Gasteiger partial charge in [0.2, 0.25) is 5.91 Å². The number of carbonyl (C=O) groups excluding carboxylic acids is 1. The molecule has 1 atom stereocenters. The van der Waals surface area contributed by atoms with E-state index < -0.39 is 0 Å². The number of carbonyl (C=O) groups is 1. The highest BCUT2D eigenvalue weighted by molar-refractivity contribution is 7.99. The van der Waals surface area contributed by atoms with Crippen LogP contribution in [0.25, 0.3) is 20.4 Å². The number of nitrogens with one attached hydrogen (secondary N) is 1. The molecule has 4 aromatic rings. The van der Waals surface area contributed by atoms with Gasteiger partial charge in [-0.15, -0.1) is 11.3 Å². The fraction of sp³-hybridized carbons (Fsp3) is 0.360. The van der Waals surface area contributed by atoms with Gasteiger partial charge in [-0.2, -0.15) is 0 Å². The van der Waals surface area contributed by atoms with Crippen LogP contribution in [-0.4, -0.2) is 38.9 Å². The van der Waals surface area contributed by atoms with E-state index in [-0.39, 0.29) is 23.3 Å². The van der Waals surface area contributed by atoms with Crippen LogP contribution in [0.1, 0.15) is 30.9 Å². The largest absolute Gasteiger partial charge is 0.376 e. The maximum atomic E-state index is 13.5. The molecule has 0 aliphatic carbocycles. The fourth-order valence-electron chi connectivity index (χ4n) is 4.31. The molecule has 9 heteroatoms. The molecule has 3 aromatic heterocycles. The minimum atomic E-state index is -0.121. The van der Waals surface area contributed by atoms with Gasteiger partial charge in [0.15, 0.2) is 5.16 Å². The van der Waals surface area contributed by atoms with Crippen LogP contribution in [0.5, 0.6) is 0 Å². The number of para-hydroxylation sites is 1. The summed E-state index contributed by atoms with van der Waals surface area (Å²) >= 11 is 2.65. The number of amides is 1. The van der Waals surface area contributed by atoms with E-state index in [1.165, 1.54) is 23.1 Å². The molecule has 0 bridgehead atoms. The number of hydrogen-bond donors (Lipinski definition) is 1. The summed E-state index contributed by atoms with van der Waals surface area (Å²) in [4.78, 5) is 36.4. The van der Waals surface area contributed by atoms with Crippen LogP contribution in [0, 0.1) is 6.92 Å². The highest BCUT2D eigenvalue weighted by Crippen LogP contribution is 2.31. The molecule has 0 saturated carbocycles. The first kappa shape index (κ1) is 23.0. The number of ether oxygens (including phenoxy) is 1. The average Bonchev–Trinajstić information content (AvgIpc) is 3.49. The molecular weight excluding hydrogens is 468 g/mol. The van der Waals surface area contributed by atoms with Crippen LogP contribution < -0.4 is 10.9 Å². The smallest absolute Gasteiger partial charge is 0.272 e. The van der Waals surface area contributed by atoms with Gasteiger partial charge < -0.3 is 10.1 Å². The first-order valence-corrected chi connectivity index (χ1v) is 13.3. The molecule has 0 radical (unpaired) electrons. The zero-order valence-electron chi connectivity index (χ0n) is 19.2. The van der Waals surface area contributed by atoms with Crippen molar-refractivity contribution >= 4 is 55.1 Å². The Morgan fingerprint density at radius 2 is 2.21 bits per heavy atom. The molecule has 1 amide bonds. The normalized spacial score (nSPS) is 15.9. The molecular formula is C25H26N4O3S2. The molecule has 5 rings (SSSR count). The van der Waals surface area contributed by atoms with Crippen molar-refractivity contribution < 1.29 is 9.53 Å². The molecule has 1 N–H and O–H groups in total. The molecule has 34 heavy (non-hydrogen) atoms. The van der Waals surface area contributed by atoms with Crippen molar-refractivity contribution in [3.05, 3.63) is 58.0 Å². The monoisotopic (exact) mass is 494 g/mol. The van der Waals surface area contributed by atoms with Crippen molar-refractivity contribution in [3.8, 4) is 0 Å². The van der Waals surface area contributed by atoms with Gasteiger partial charge in [-0.3, -0.25) is 14.2 Å². The van der Waals surface area contributed by atoms with Crippen molar-refractivity contribution in [1.82, 2.24) is 14.5 Å². The zero-order valence-corrected chi connectivity index (χ0v) is 20.8. The zero-order chi connectivity index (χ0) is 23.7. The lowest BCUT2D eigenvalue weighted by atomic mass is 10.1. The summed E-state index contributed by atoms with van der Waals surface area (Å²) in [5.74, 6) is 0.0326. The summed E-state index contributed by atoms with van der Waals surface area (Å²) in [6.07, 6.45) is 4.44. The summed E-state index contributed by atoms with van der Waals surface area (Å²) in [5, 5.41) is 4.46. The Bertz CT molecular complexity index is 1420. The van der Waals surface area contributed by atoms with Crippen LogP contribution in [-0.2, 0) is 22.5 Å². The summed E-state index contributed by atoms with van der Waals surface area (Å²) in [6.45, 7) is 5.21. The number of anilines is 1. The number of thiophene rings is 1. The highest BCUT2D eigenvalue weighted by atomic mass is 32.2. The lowest BCUT2D eigenvalue weighted by Gasteiger charge is -2.16. The third-order valence-electron chi connectivity index (χ3n) is 6.06. The number of thioether (sulfide) groups is 1. The van der Waals surface area contributed by atoms with Crippen LogP contribution in [0.15, 0.2) is 46.5 Å². The number of benzene rings is 1. The molecule has 176 valence electrons. The Labute approximate surface area is 205 Å². The Kier molecular flexibility index (Phi) is 6.67. The van der Waals surface area contributed by atoms with E-state index in [0.717, 1.165) is 46.3 Å². The van der Waals surface area contributed by atoms with E-state index >= 15 is 0 Å². The number of aryl methyl sites for hydroxylation is 2.